The fourth-order valence-electron chi connectivity index (χ4n) is 1.12. The number of carbonyl (C=O) groups excluding carboxylic acids is 2. The van der Waals surface area contributed by atoms with Crippen LogP contribution in [0.5, 0.6) is 0 Å². The highest BCUT2D eigenvalue weighted by molar-refractivity contribution is 5.97. The summed E-state index contributed by atoms with van der Waals surface area (Å²) >= 11 is 0. The van der Waals surface area contributed by atoms with Gasteiger partial charge in [0.25, 0.3) is 0 Å². The first kappa shape index (κ1) is 10.4. The molecule has 0 saturated carbocycles. The molecule has 0 aliphatic heterocycles. The lowest BCUT2D eigenvalue weighted by molar-refractivity contribution is -0.120. The molecule has 0 heterocycles. The van der Waals surface area contributed by atoms with Crippen LogP contribution < -0.4 is 5.32 Å². The van der Waals surface area contributed by atoms with E-state index < -0.39 is 0 Å². The molecule has 0 spiro atoms. The lowest BCUT2D eigenvalue weighted by Gasteiger charge is -1.99. The molecule has 0 saturated heterocycles. The van der Waals surface area contributed by atoms with Crippen LogP contribution in [0.25, 0.3) is 0 Å². The van der Waals surface area contributed by atoms with Crippen molar-refractivity contribution in [2.24, 2.45) is 0 Å². The Morgan fingerprint density at radius 3 is 2.36 bits per heavy atom. The highest BCUT2D eigenvalue weighted by Gasteiger charge is 2.06. The van der Waals surface area contributed by atoms with Gasteiger partial charge in [-0.1, -0.05) is 30.3 Å². The molecule has 0 atom stereocenters. The summed E-state index contributed by atoms with van der Waals surface area (Å²) in [6.45, 7) is 0. The Balaban J connectivity index is 2.48. The number of nitrogens with one attached hydrogen (secondary N) is 1. The maximum absolute atomic E-state index is 11.5. The average molecular weight is 191 g/mol. The van der Waals surface area contributed by atoms with E-state index in [1.165, 1.54) is 0 Å². The van der Waals surface area contributed by atoms with Crippen LogP contribution in [0.1, 0.15) is 23.2 Å². The Labute approximate surface area is 83.1 Å². The molecule has 1 aromatic carbocycles. The second-order valence-corrected chi connectivity index (χ2v) is 2.96. The second kappa shape index (κ2) is 5.17. The highest BCUT2D eigenvalue weighted by Crippen LogP contribution is 2.04. The monoisotopic (exact) mass is 191 g/mol. The van der Waals surface area contributed by atoms with Crippen LogP contribution in [0.4, 0.5) is 0 Å². The predicted molar refractivity (Wildman–Crippen MR) is 54.1 cm³/mol. The van der Waals surface area contributed by atoms with Gasteiger partial charge in [0.1, 0.15) is 0 Å². The molecular weight excluding hydrogens is 178 g/mol. The van der Waals surface area contributed by atoms with Crippen LogP contribution in [0, 0.1) is 0 Å². The number of benzene rings is 1. The largest absolute Gasteiger partial charge is 0.359 e. The van der Waals surface area contributed by atoms with Gasteiger partial charge in [0.15, 0.2) is 5.78 Å². The molecule has 1 amide bonds. The maximum Gasteiger partial charge on any atom is 0.220 e. The first-order valence-corrected chi connectivity index (χ1v) is 4.53. The molecule has 0 aliphatic rings. The second-order valence-electron chi connectivity index (χ2n) is 2.96. The van der Waals surface area contributed by atoms with Crippen LogP contribution in [0.3, 0.4) is 0 Å². The van der Waals surface area contributed by atoms with Gasteiger partial charge >= 0.3 is 0 Å². The summed E-state index contributed by atoms with van der Waals surface area (Å²) in [7, 11) is 1.56. The van der Waals surface area contributed by atoms with Crippen LogP contribution in [-0.4, -0.2) is 18.7 Å². The summed E-state index contributed by atoms with van der Waals surface area (Å²) in [5, 5.41) is 2.48. The summed E-state index contributed by atoms with van der Waals surface area (Å²) < 4.78 is 0. The van der Waals surface area contributed by atoms with Crippen molar-refractivity contribution in [1.29, 1.82) is 0 Å². The summed E-state index contributed by atoms with van der Waals surface area (Å²) in [4.78, 5) is 22.4. The predicted octanol–water partition coefficient (Wildman–Crippen LogP) is 1.40. The van der Waals surface area contributed by atoms with Crippen molar-refractivity contribution in [2.75, 3.05) is 7.05 Å². The minimum absolute atomic E-state index is 0.00852. The molecule has 1 rings (SSSR count). The minimum Gasteiger partial charge on any atom is -0.359 e. The Kier molecular flexibility index (Phi) is 3.85. The first-order valence-electron chi connectivity index (χ1n) is 4.53. The van der Waals surface area contributed by atoms with Crippen molar-refractivity contribution in [3.8, 4) is 0 Å². The molecule has 0 fully saturated rings. The average Bonchev–Trinajstić information content (AvgIpc) is 2.26. The van der Waals surface area contributed by atoms with Gasteiger partial charge in [0.05, 0.1) is 0 Å². The van der Waals surface area contributed by atoms with Gasteiger partial charge in [-0.25, -0.2) is 0 Å². The quantitative estimate of drug-likeness (QED) is 0.731. The molecule has 0 unspecified atom stereocenters. The van der Waals surface area contributed by atoms with Crippen molar-refractivity contribution >= 4 is 11.7 Å². The Bertz CT molecular complexity index is 319. The van der Waals surface area contributed by atoms with Crippen LogP contribution in [0.15, 0.2) is 30.3 Å². The fraction of sp³-hybridized carbons (Fsp3) is 0.273. The third-order valence-corrected chi connectivity index (χ3v) is 1.95. The Morgan fingerprint density at radius 2 is 1.79 bits per heavy atom. The highest BCUT2D eigenvalue weighted by atomic mass is 16.2. The van der Waals surface area contributed by atoms with Gasteiger partial charge in [-0.2, -0.15) is 0 Å². The van der Waals surface area contributed by atoms with E-state index in [9.17, 15) is 9.59 Å². The van der Waals surface area contributed by atoms with Crippen molar-refractivity contribution in [3.05, 3.63) is 35.9 Å². The molecule has 1 aromatic rings. The topological polar surface area (TPSA) is 46.2 Å². The van der Waals surface area contributed by atoms with Crippen molar-refractivity contribution in [1.82, 2.24) is 5.32 Å². The van der Waals surface area contributed by atoms with Gasteiger partial charge in [0, 0.05) is 25.5 Å². The number of carbonyl (C=O) groups is 2. The molecular formula is C11H13NO2. The summed E-state index contributed by atoms with van der Waals surface area (Å²) in [5.74, 6) is -0.0940. The standard InChI is InChI=1S/C11H13NO2/c1-12-11(14)8-7-10(13)9-5-3-2-4-6-9/h2-6H,7-8H2,1H3,(H,12,14). The van der Waals surface area contributed by atoms with E-state index in [0.29, 0.717) is 5.56 Å². The van der Waals surface area contributed by atoms with E-state index in [1.807, 2.05) is 18.2 Å². The number of Topliss-reactive ketones (excluding diaryl/α,β-unsaturated/α-hetero) is 1. The van der Waals surface area contributed by atoms with E-state index in [1.54, 1.807) is 19.2 Å². The summed E-state index contributed by atoms with van der Waals surface area (Å²) in [6, 6.07) is 8.99. The number of hydrogen-bond donors (Lipinski definition) is 1. The molecule has 0 bridgehead atoms. The number of rotatable bonds is 4. The van der Waals surface area contributed by atoms with E-state index in [2.05, 4.69) is 5.32 Å². The van der Waals surface area contributed by atoms with Gasteiger partial charge in [-0.3, -0.25) is 9.59 Å². The molecule has 1 N–H and O–H groups in total. The van der Waals surface area contributed by atoms with Crippen LogP contribution in [0.2, 0.25) is 0 Å². The van der Waals surface area contributed by atoms with Crippen LogP contribution >= 0.6 is 0 Å². The smallest absolute Gasteiger partial charge is 0.220 e. The van der Waals surface area contributed by atoms with E-state index >= 15 is 0 Å². The maximum atomic E-state index is 11.5. The third kappa shape index (κ3) is 3.01. The third-order valence-electron chi connectivity index (χ3n) is 1.95. The molecule has 0 radical (unpaired) electrons. The fourth-order valence-corrected chi connectivity index (χ4v) is 1.12. The van der Waals surface area contributed by atoms with Gasteiger partial charge < -0.3 is 5.32 Å². The van der Waals surface area contributed by atoms with Crippen molar-refractivity contribution < 1.29 is 9.59 Å². The number of hydrogen-bond acceptors (Lipinski definition) is 2. The zero-order valence-corrected chi connectivity index (χ0v) is 8.12. The zero-order valence-electron chi connectivity index (χ0n) is 8.12. The lowest BCUT2D eigenvalue weighted by Crippen LogP contribution is -2.18. The molecule has 14 heavy (non-hydrogen) atoms. The Morgan fingerprint density at radius 1 is 1.14 bits per heavy atom. The van der Waals surface area contributed by atoms with E-state index in [-0.39, 0.29) is 24.5 Å². The SMILES string of the molecule is CNC(=O)CCC(=O)c1ccccc1. The first-order chi connectivity index (χ1) is 6.74. The minimum atomic E-state index is -0.103. The summed E-state index contributed by atoms with van der Waals surface area (Å²) in [5.41, 5.74) is 0.663. The van der Waals surface area contributed by atoms with Gasteiger partial charge in [-0.05, 0) is 0 Å². The number of ketones is 1. The van der Waals surface area contributed by atoms with Crippen LogP contribution in [-0.2, 0) is 4.79 Å². The normalized spacial score (nSPS) is 9.50. The van der Waals surface area contributed by atoms with Crippen molar-refractivity contribution in [2.45, 2.75) is 12.8 Å². The zero-order chi connectivity index (χ0) is 10.4. The summed E-state index contributed by atoms with van der Waals surface area (Å²) in [6.07, 6.45) is 0.522. The van der Waals surface area contributed by atoms with E-state index in [0.717, 1.165) is 0 Å². The molecule has 74 valence electrons. The molecule has 0 aliphatic carbocycles. The van der Waals surface area contributed by atoms with Gasteiger partial charge in [-0.15, -0.1) is 0 Å². The molecule has 3 nitrogen and oxygen atoms in total. The lowest BCUT2D eigenvalue weighted by atomic mass is 10.1. The Hall–Kier alpha value is -1.64. The molecule has 0 aromatic heterocycles. The van der Waals surface area contributed by atoms with E-state index in [4.69, 9.17) is 0 Å². The van der Waals surface area contributed by atoms with Crippen molar-refractivity contribution in [3.63, 3.8) is 0 Å². The molecule has 3 heteroatoms. The number of amides is 1. The van der Waals surface area contributed by atoms with Gasteiger partial charge in [0.2, 0.25) is 5.91 Å².